The van der Waals surface area contributed by atoms with E-state index in [1.807, 2.05) is 62.4 Å². The number of para-hydroxylation sites is 1. The average molecular weight is 475 g/mol. The highest BCUT2D eigenvalue weighted by molar-refractivity contribution is 7.99. The molecular formula is C25H22N4O4S. The number of amides is 1. The molecule has 8 nitrogen and oxygen atoms in total. The fourth-order valence-electron chi connectivity index (χ4n) is 3.17. The van der Waals surface area contributed by atoms with Crippen molar-refractivity contribution >= 4 is 29.0 Å². The molecule has 0 unspecified atom stereocenters. The van der Waals surface area contributed by atoms with Crippen molar-refractivity contribution in [3.8, 4) is 5.75 Å². The lowest BCUT2D eigenvalue weighted by Crippen LogP contribution is -2.14. The topological polar surface area (TPSA) is 99.3 Å². The number of hydrogen-bond acceptors (Lipinski definition) is 6. The van der Waals surface area contributed by atoms with Gasteiger partial charge in [-0.15, -0.1) is 0 Å². The highest BCUT2D eigenvalue weighted by atomic mass is 32.2. The Morgan fingerprint density at radius 1 is 1.06 bits per heavy atom. The van der Waals surface area contributed by atoms with E-state index in [0.29, 0.717) is 10.6 Å². The summed E-state index contributed by atoms with van der Waals surface area (Å²) in [5.74, 6) is 0.264. The maximum absolute atomic E-state index is 12.7. The van der Waals surface area contributed by atoms with Crippen LogP contribution < -0.4 is 10.1 Å². The van der Waals surface area contributed by atoms with Crippen LogP contribution in [0.5, 0.6) is 5.75 Å². The van der Waals surface area contributed by atoms with Gasteiger partial charge < -0.3 is 10.1 Å². The van der Waals surface area contributed by atoms with Crippen molar-refractivity contribution in [2.45, 2.75) is 30.4 Å². The number of anilines is 1. The molecule has 0 radical (unpaired) electrons. The van der Waals surface area contributed by atoms with Crippen LogP contribution in [0, 0.1) is 24.0 Å². The van der Waals surface area contributed by atoms with Gasteiger partial charge >= 0.3 is 0 Å². The minimum absolute atomic E-state index is 0.107. The number of hydrogen-bond donors (Lipinski definition) is 1. The second-order valence-corrected chi connectivity index (χ2v) is 8.77. The quantitative estimate of drug-likeness (QED) is 0.254. The molecule has 0 aliphatic carbocycles. The van der Waals surface area contributed by atoms with Crippen LogP contribution in [0.4, 0.5) is 11.4 Å². The Bertz CT molecular complexity index is 1340. The number of nitrogens with zero attached hydrogens (tertiary/aromatic N) is 3. The van der Waals surface area contributed by atoms with E-state index in [1.54, 1.807) is 18.3 Å². The van der Waals surface area contributed by atoms with Crippen molar-refractivity contribution in [1.29, 1.82) is 0 Å². The summed E-state index contributed by atoms with van der Waals surface area (Å²) in [5, 5.41) is 18.4. The van der Waals surface area contributed by atoms with Gasteiger partial charge in [-0.05, 0) is 49.7 Å². The summed E-state index contributed by atoms with van der Waals surface area (Å²) in [6.45, 7) is 4.08. The molecule has 172 valence electrons. The smallest absolute Gasteiger partial charge is 0.276 e. The molecule has 0 atom stereocenters. The minimum Gasteiger partial charge on any atom is -0.471 e. The van der Waals surface area contributed by atoms with E-state index >= 15 is 0 Å². The monoisotopic (exact) mass is 474 g/mol. The molecule has 0 bridgehead atoms. The number of aryl methyl sites for hydroxylation is 2. The molecule has 0 aliphatic rings. The summed E-state index contributed by atoms with van der Waals surface area (Å²) >= 11 is 1.38. The number of carbonyl (C=O) groups is 1. The van der Waals surface area contributed by atoms with Gasteiger partial charge in [0.1, 0.15) is 5.75 Å². The van der Waals surface area contributed by atoms with Crippen molar-refractivity contribution < 1.29 is 14.5 Å². The van der Waals surface area contributed by atoms with Gasteiger partial charge in [-0.3, -0.25) is 14.9 Å². The normalized spacial score (nSPS) is 10.6. The van der Waals surface area contributed by atoms with Crippen molar-refractivity contribution in [2.24, 2.45) is 0 Å². The molecule has 0 saturated heterocycles. The lowest BCUT2D eigenvalue weighted by atomic mass is 10.2. The van der Waals surface area contributed by atoms with Crippen LogP contribution >= 0.6 is 11.8 Å². The van der Waals surface area contributed by atoms with E-state index in [1.165, 1.54) is 28.6 Å². The van der Waals surface area contributed by atoms with Crippen LogP contribution in [-0.2, 0) is 6.73 Å². The number of nitro benzene ring substituents is 1. The predicted octanol–water partition coefficient (Wildman–Crippen LogP) is 5.85. The Morgan fingerprint density at radius 2 is 1.82 bits per heavy atom. The number of rotatable bonds is 8. The standard InChI is InChI=1S/C25H22N4O4S/c1-17-7-9-21(10-8-17)34-22-14-19(13-20(15-22)29(31)32)26-25(30)23-11-12-28(27-23)16-33-24-6-4-3-5-18(24)2/h3-15H,16H2,1-2H3,(H,26,30). The Kier molecular flexibility index (Phi) is 6.93. The summed E-state index contributed by atoms with van der Waals surface area (Å²) < 4.78 is 7.25. The zero-order valence-electron chi connectivity index (χ0n) is 18.6. The molecule has 4 rings (SSSR count). The Balaban J connectivity index is 1.46. The maximum atomic E-state index is 12.7. The van der Waals surface area contributed by atoms with Crippen LogP contribution in [0.25, 0.3) is 0 Å². The molecule has 1 aromatic heterocycles. The zero-order valence-corrected chi connectivity index (χ0v) is 19.4. The van der Waals surface area contributed by atoms with E-state index in [9.17, 15) is 14.9 Å². The van der Waals surface area contributed by atoms with Gasteiger partial charge in [-0.2, -0.15) is 5.10 Å². The summed E-state index contributed by atoms with van der Waals surface area (Å²) in [7, 11) is 0. The molecule has 0 saturated carbocycles. The van der Waals surface area contributed by atoms with Crippen LogP contribution in [0.1, 0.15) is 21.6 Å². The third kappa shape index (κ3) is 5.81. The van der Waals surface area contributed by atoms with E-state index in [0.717, 1.165) is 21.8 Å². The molecule has 34 heavy (non-hydrogen) atoms. The van der Waals surface area contributed by atoms with Gasteiger partial charge in [0, 0.05) is 33.8 Å². The summed E-state index contributed by atoms with van der Waals surface area (Å²) in [6.07, 6.45) is 1.64. The van der Waals surface area contributed by atoms with Gasteiger partial charge in [0.05, 0.1) is 4.92 Å². The fraction of sp³-hybridized carbons (Fsp3) is 0.120. The van der Waals surface area contributed by atoms with Gasteiger partial charge in [0.2, 0.25) is 0 Å². The van der Waals surface area contributed by atoms with Crippen molar-refractivity contribution in [1.82, 2.24) is 9.78 Å². The summed E-state index contributed by atoms with van der Waals surface area (Å²) in [5.41, 5.74) is 2.51. The third-order valence-electron chi connectivity index (χ3n) is 4.94. The first-order valence-corrected chi connectivity index (χ1v) is 11.3. The first-order valence-electron chi connectivity index (χ1n) is 10.4. The van der Waals surface area contributed by atoms with Gasteiger partial charge in [-0.25, -0.2) is 4.68 Å². The molecular weight excluding hydrogens is 452 g/mol. The average Bonchev–Trinajstić information content (AvgIpc) is 3.29. The molecule has 1 amide bonds. The van der Waals surface area contributed by atoms with Crippen molar-refractivity contribution in [2.75, 3.05) is 5.32 Å². The first kappa shape index (κ1) is 23.1. The number of benzene rings is 3. The Labute approximate surface area is 200 Å². The van der Waals surface area contributed by atoms with Crippen LogP contribution in [0.2, 0.25) is 0 Å². The van der Waals surface area contributed by atoms with Gasteiger partial charge in [0.25, 0.3) is 11.6 Å². The SMILES string of the molecule is Cc1ccc(Sc2cc(NC(=O)c3ccn(COc4ccccc4C)n3)cc([N+](=O)[O-])c2)cc1. The molecule has 0 aliphatic heterocycles. The minimum atomic E-state index is -0.480. The molecule has 1 heterocycles. The number of aromatic nitrogens is 2. The van der Waals surface area contributed by atoms with Crippen LogP contribution in [-0.4, -0.2) is 20.6 Å². The van der Waals surface area contributed by atoms with Gasteiger partial charge in [0.15, 0.2) is 12.4 Å². The second-order valence-electron chi connectivity index (χ2n) is 7.62. The second kappa shape index (κ2) is 10.2. The highest BCUT2D eigenvalue weighted by Gasteiger charge is 2.15. The molecule has 3 aromatic carbocycles. The number of carbonyl (C=O) groups excluding carboxylic acids is 1. The Hall–Kier alpha value is -4.11. The van der Waals surface area contributed by atoms with Crippen molar-refractivity contribution in [3.05, 3.63) is 106 Å². The molecule has 0 spiro atoms. The third-order valence-corrected chi connectivity index (χ3v) is 5.92. The van der Waals surface area contributed by atoms with Crippen molar-refractivity contribution in [3.63, 3.8) is 0 Å². The maximum Gasteiger partial charge on any atom is 0.276 e. The fourth-order valence-corrected chi connectivity index (χ4v) is 4.08. The molecule has 9 heteroatoms. The van der Waals surface area contributed by atoms with Gasteiger partial charge in [-0.1, -0.05) is 47.7 Å². The lowest BCUT2D eigenvalue weighted by Gasteiger charge is -2.09. The largest absolute Gasteiger partial charge is 0.471 e. The molecule has 0 fully saturated rings. The number of nitro groups is 1. The summed E-state index contributed by atoms with van der Waals surface area (Å²) in [6, 6.07) is 21.5. The number of ether oxygens (including phenoxy) is 1. The predicted molar refractivity (Wildman–Crippen MR) is 130 cm³/mol. The molecule has 4 aromatic rings. The lowest BCUT2D eigenvalue weighted by molar-refractivity contribution is -0.385. The first-order chi connectivity index (χ1) is 16.4. The molecule has 1 N–H and O–H groups in total. The van der Waals surface area contributed by atoms with E-state index in [4.69, 9.17) is 4.74 Å². The number of non-ortho nitro benzene ring substituents is 1. The summed E-state index contributed by atoms with van der Waals surface area (Å²) in [4.78, 5) is 25.3. The number of nitrogens with one attached hydrogen (secondary N) is 1. The zero-order chi connectivity index (χ0) is 24.1. The Morgan fingerprint density at radius 3 is 2.56 bits per heavy atom. The van der Waals surface area contributed by atoms with Crippen LogP contribution in [0.3, 0.4) is 0 Å². The highest BCUT2D eigenvalue weighted by Crippen LogP contribution is 2.33. The van der Waals surface area contributed by atoms with Crippen LogP contribution in [0.15, 0.2) is 88.8 Å². The van der Waals surface area contributed by atoms with E-state index in [2.05, 4.69) is 10.4 Å². The van der Waals surface area contributed by atoms with E-state index < -0.39 is 10.8 Å². The van der Waals surface area contributed by atoms with E-state index in [-0.39, 0.29) is 18.1 Å².